The molecule has 0 fully saturated rings. The number of amides is 1. The van der Waals surface area contributed by atoms with E-state index in [1.165, 1.54) is 25.3 Å². The Morgan fingerprint density at radius 3 is 2.39 bits per heavy atom. The monoisotopic (exact) mass is 417 g/mol. The molecule has 1 atom stereocenters. The van der Waals surface area contributed by atoms with Gasteiger partial charge in [-0.05, 0) is 42.8 Å². The molecule has 0 saturated carbocycles. The molecule has 6 nitrogen and oxygen atoms in total. The van der Waals surface area contributed by atoms with E-state index in [0.717, 1.165) is 5.56 Å². The highest BCUT2D eigenvalue weighted by molar-refractivity contribution is 5.97. The van der Waals surface area contributed by atoms with Gasteiger partial charge in [-0.25, -0.2) is 4.79 Å². The average molecular weight is 417 g/mol. The predicted octanol–water partition coefficient (Wildman–Crippen LogP) is 4.65. The number of aryl methyl sites for hydroxylation is 1. The second kappa shape index (κ2) is 10.1. The van der Waals surface area contributed by atoms with Gasteiger partial charge in [0.05, 0.1) is 7.11 Å². The Bertz CT molecular complexity index is 1070. The summed E-state index contributed by atoms with van der Waals surface area (Å²) in [6, 6.07) is 20.8. The molecule has 0 aliphatic carbocycles. The number of carbonyl (C=O) groups is 2. The molecule has 1 amide bonds. The van der Waals surface area contributed by atoms with Gasteiger partial charge in [0.15, 0.2) is 11.5 Å². The number of carbonyl (C=O) groups excluding carboxylic acids is 2. The zero-order valence-corrected chi connectivity index (χ0v) is 17.2. The van der Waals surface area contributed by atoms with Crippen LogP contribution in [0.2, 0.25) is 0 Å². The zero-order chi connectivity index (χ0) is 22.2. The first-order chi connectivity index (χ1) is 15.0. The maximum atomic E-state index is 12.9. The number of phenols is 1. The van der Waals surface area contributed by atoms with Gasteiger partial charge in [0.1, 0.15) is 0 Å². The number of benzene rings is 3. The summed E-state index contributed by atoms with van der Waals surface area (Å²) in [4.78, 5) is 25.3. The fourth-order valence-corrected chi connectivity index (χ4v) is 2.86. The second-order valence-electron chi connectivity index (χ2n) is 6.85. The SMILES string of the molecule is COc1cc(/C=C/C(=O)O[C@@H](C(=O)Nc2ccc(C)cc2)c2ccccc2)ccc1O. The van der Waals surface area contributed by atoms with Crippen LogP contribution >= 0.6 is 0 Å². The van der Waals surface area contributed by atoms with Crippen LogP contribution in [0.3, 0.4) is 0 Å². The summed E-state index contributed by atoms with van der Waals surface area (Å²) in [7, 11) is 1.44. The summed E-state index contributed by atoms with van der Waals surface area (Å²) in [6.45, 7) is 1.95. The van der Waals surface area contributed by atoms with Crippen LogP contribution in [0.25, 0.3) is 6.08 Å². The molecule has 0 aliphatic heterocycles. The highest BCUT2D eigenvalue weighted by Crippen LogP contribution is 2.27. The highest BCUT2D eigenvalue weighted by Gasteiger charge is 2.24. The molecule has 0 aromatic heterocycles. The summed E-state index contributed by atoms with van der Waals surface area (Å²) in [5, 5.41) is 12.5. The molecule has 158 valence electrons. The number of rotatable bonds is 7. The Morgan fingerprint density at radius 1 is 1.00 bits per heavy atom. The van der Waals surface area contributed by atoms with Gasteiger partial charge in [-0.3, -0.25) is 4.79 Å². The van der Waals surface area contributed by atoms with Crippen LogP contribution in [-0.4, -0.2) is 24.1 Å². The molecular formula is C25H23NO5. The van der Waals surface area contributed by atoms with E-state index in [9.17, 15) is 14.7 Å². The number of aromatic hydroxyl groups is 1. The summed E-state index contributed by atoms with van der Waals surface area (Å²) in [6.07, 6.45) is 1.62. The van der Waals surface area contributed by atoms with E-state index in [1.54, 1.807) is 48.5 Å². The van der Waals surface area contributed by atoms with E-state index in [0.29, 0.717) is 16.8 Å². The molecule has 3 aromatic rings. The third-order valence-electron chi connectivity index (χ3n) is 4.51. The second-order valence-corrected chi connectivity index (χ2v) is 6.85. The lowest BCUT2D eigenvalue weighted by Crippen LogP contribution is -2.25. The largest absolute Gasteiger partial charge is 0.504 e. The topological polar surface area (TPSA) is 84.9 Å². The van der Waals surface area contributed by atoms with Crippen LogP contribution in [0.1, 0.15) is 22.8 Å². The van der Waals surface area contributed by atoms with Crippen LogP contribution in [0.4, 0.5) is 5.69 Å². The average Bonchev–Trinajstić information content (AvgIpc) is 2.79. The molecule has 6 heteroatoms. The number of phenolic OH excluding ortho intramolecular Hbond substituents is 1. The first-order valence-corrected chi connectivity index (χ1v) is 9.64. The molecule has 3 rings (SSSR count). The molecule has 2 N–H and O–H groups in total. The van der Waals surface area contributed by atoms with Gasteiger partial charge in [0, 0.05) is 17.3 Å². The Morgan fingerprint density at radius 2 is 1.71 bits per heavy atom. The van der Waals surface area contributed by atoms with E-state index in [4.69, 9.17) is 9.47 Å². The van der Waals surface area contributed by atoms with Crippen molar-refractivity contribution in [2.75, 3.05) is 12.4 Å². The fourth-order valence-electron chi connectivity index (χ4n) is 2.86. The van der Waals surface area contributed by atoms with Gasteiger partial charge in [0.2, 0.25) is 6.10 Å². The number of esters is 1. The standard InChI is InChI=1S/C25H23NO5/c1-17-8-12-20(13-9-17)26-25(29)24(19-6-4-3-5-7-19)31-23(28)15-11-18-10-14-21(27)22(16-18)30-2/h3-16,24,27H,1-2H3,(H,26,29)/b15-11+/t24-/m1/s1. The minimum absolute atomic E-state index is 0.000792. The van der Waals surface area contributed by atoms with E-state index >= 15 is 0 Å². The lowest BCUT2D eigenvalue weighted by Gasteiger charge is -2.17. The number of anilines is 1. The van der Waals surface area contributed by atoms with Gasteiger partial charge in [-0.15, -0.1) is 0 Å². The molecule has 31 heavy (non-hydrogen) atoms. The van der Waals surface area contributed by atoms with Crippen LogP contribution in [0.5, 0.6) is 11.5 Å². The molecular weight excluding hydrogens is 394 g/mol. The van der Waals surface area contributed by atoms with Crippen LogP contribution < -0.4 is 10.1 Å². The third-order valence-corrected chi connectivity index (χ3v) is 4.51. The Hall–Kier alpha value is -4.06. The zero-order valence-electron chi connectivity index (χ0n) is 17.2. The molecule has 0 bridgehead atoms. The van der Waals surface area contributed by atoms with E-state index in [1.807, 2.05) is 25.1 Å². The van der Waals surface area contributed by atoms with Crippen molar-refractivity contribution in [3.63, 3.8) is 0 Å². The minimum atomic E-state index is -1.12. The summed E-state index contributed by atoms with van der Waals surface area (Å²) in [5.41, 5.74) is 2.87. The summed E-state index contributed by atoms with van der Waals surface area (Å²) < 4.78 is 10.5. The van der Waals surface area contributed by atoms with E-state index in [-0.39, 0.29) is 11.5 Å². The molecule has 0 heterocycles. The van der Waals surface area contributed by atoms with Crippen molar-refractivity contribution < 1.29 is 24.2 Å². The Labute approximate surface area is 180 Å². The van der Waals surface area contributed by atoms with E-state index in [2.05, 4.69) is 5.32 Å². The van der Waals surface area contributed by atoms with Gasteiger partial charge >= 0.3 is 5.97 Å². The molecule has 3 aromatic carbocycles. The summed E-state index contributed by atoms with van der Waals surface area (Å²) in [5.74, 6) is -0.850. The highest BCUT2D eigenvalue weighted by atomic mass is 16.5. The molecule has 0 radical (unpaired) electrons. The van der Waals surface area contributed by atoms with Crippen LogP contribution in [0.15, 0.2) is 78.9 Å². The van der Waals surface area contributed by atoms with Crippen LogP contribution in [-0.2, 0) is 14.3 Å². The van der Waals surface area contributed by atoms with Crippen molar-refractivity contribution in [2.24, 2.45) is 0 Å². The molecule has 0 saturated heterocycles. The number of nitrogens with one attached hydrogen (secondary N) is 1. The quantitative estimate of drug-likeness (QED) is 0.432. The lowest BCUT2D eigenvalue weighted by molar-refractivity contribution is -0.149. The van der Waals surface area contributed by atoms with Gasteiger partial charge < -0.3 is 19.9 Å². The Kier molecular flexibility index (Phi) is 7.06. The van der Waals surface area contributed by atoms with Crippen molar-refractivity contribution >= 4 is 23.6 Å². The number of hydrogen-bond donors (Lipinski definition) is 2. The smallest absolute Gasteiger partial charge is 0.331 e. The van der Waals surface area contributed by atoms with Crippen molar-refractivity contribution in [2.45, 2.75) is 13.0 Å². The summed E-state index contributed by atoms with van der Waals surface area (Å²) >= 11 is 0. The van der Waals surface area contributed by atoms with Gasteiger partial charge in [-0.2, -0.15) is 0 Å². The van der Waals surface area contributed by atoms with Crippen LogP contribution in [0, 0.1) is 6.92 Å². The fraction of sp³-hybridized carbons (Fsp3) is 0.120. The number of methoxy groups -OCH3 is 1. The number of ether oxygens (including phenoxy) is 2. The van der Waals surface area contributed by atoms with Crippen molar-refractivity contribution in [3.05, 3.63) is 95.6 Å². The first-order valence-electron chi connectivity index (χ1n) is 9.64. The Balaban J connectivity index is 1.76. The number of hydrogen-bond acceptors (Lipinski definition) is 5. The van der Waals surface area contributed by atoms with Crippen molar-refractivity contribution in [3.8, 4) is 11.5 Å². The minimum Gasteiger partial charge on any atom is -0.504 e. The van der Waals surface area contributed by atoms with E-state index < -0.39 is 18.0 Å². The normalized spacial score (nSPS) is 11.7. The molecule has 0 unspecified atom stereocenters. The maximum absolute atomic E-state index is 12.9. The maximum Gasteiger partial charge on any atom is 0.331 e. The predicted molar refractivity (Wildman–Crippen MR) is 119 cm³/mol. The molecule has 0 aliphatic rings. The van der Waals surface area contributed by atoms with Crippen molar-refractivity contribution in [1.29, 1.82) is 0 Å². The first kappa shape index (κ1) is 21.6. The third kappa shape index (κ3) is 5.96. The van der Waals surface area contributed by atoms with Gasteiger partial charge in [-0.1, -0.05) is 54.1 Å². The molecule has 0 spiro atoms. The lowest BCUT2D eigenvalue weighted by atomic mass is 10.1. The van der Waals surface area contributed by atoms with Gasteiger partial charge in [0.25, 0.3) is 5.91 Å². The van der Waals surface area contributed by atoms with Crippen molar-refractivity contribution in [1.82, 2.24) is 0 Å².